The summed E-state index contributed by atoms with van der Waals surface area (Å²) in [4.78, 5) is 16.8. The number of anilines is 2. The largest absolute Gasteiger partial charge is 0.368 e. The first kappa shape index (κ1) is 21.6. The van der Waals surface area contributed by atoms with Gasteiger partial charge in [-0.3, -0.25) is 4.79 Å². The van der Waals surface area contributed by atoms with Crippen LogP contribution in [0.2, 0.25) is 0 Å². The normalized spacial score (nSPS) is 30.1. The zero-order valence-electron chi connectivity index (χ0n) is 17.8. The number of nitrogens with zero attached hydrogens (tertiary/aromatic N) is 3. The molecule has 8 nitrogen and oxygen atoms in total. The summed E-state index contributed by atoms with van der Waals surface area (Å²) in [6.07, 6.45) is 5.13. The van der Waals surface area contributed by atoms with Crippen LogP contribution < -0.4 is 13.9 Å². The molecule has 32 heavy (non-hydrogen) atoms. The molecule has 1 aromatic rings. The average Bonchev–Trinajstić information content (AvgIpc) is 3.10. The SMILES string of the molecule is CN1c2nc(C3=CCC(NC(=O)C4CCCO4)CC3)ccc2N(CC2CC2(F)F)S1(=O)=O. The van der Waals surface area contributed by atoms with E-state index < -0.39 is 22.0 Å². The van der Waals surface area contributed by atoms with Gasteiger partial charge < -0.3 is 10.1 Å². The summed E-state index contributed by atoms with van der Waals surface area (Å²) in [5.74, 6) is -3.57. The van der Waals surface area contributed by atoms with Crippen molar-refractivity contribution in [2.45, 2.75) is 56.6 Å². The van der Waals surface area contributed by atoms with E-state index in [4.69, 9.17) is 4.74 Å². The maximum Gasteiger partial charge on any atom is 0.327 e. The minimum atomic E-state index is -3.92. The number of nitrogens with one attached hydrogen (secondary N) is 1. The van der Waals surface area contributed by atoms with Crippen molar-refractivity contribution in [2.75, 3.05) is 28.8 Å². The summed E-state index contributed by atoms with van der Waals surface area (Å²) in [6, 6.07) is 3.41. The molecule has 2 fully saturated rings. The van der Waals surface area contributed by atoms with Crippen molar-refractivity contribution >= 4 is 33.2 Å². The first-order valence-corrected chi connectivity index (χ1v) is 12.3. The van der Waals surface area contributed by atoms with Crippen molar-refractivity contribution < 1.29 is 26.7 Å². The Morgan fingerprint density at radius 3 is 2.75 bits per heavy atom. The van der Waals surface area contributed by atoms with Gasteiger partial charge in [0.1, 0.15) is 6.10 Å². The fourth-order valence-corrected chi connectivity index (χ4v) is 5.97. The number of halogens is 2. The molecule has 1 amide bonds. The van der Waals surface area contributed by atoms with Crippen LogP contribution in [-0.2, 0) is 19.7 Å². The Balaban J connectivity index is 1.30. The van der Waals surface area contributed by atoms with Gasteiger partial charge in [0.15, 0.2) is 5.82 Å². The molecular formula is C21H26F2N4O4S. The summed E-state index contributed by atoms with van der Waals surface area (Å²) in [6.45, 7) is 0.379. The monoisotopic (exact) mass is 468 g/mol. The number of allylic oxidation sites excluding steroid dienone is 1. The molecule has 1 saturated heterocycles. The van der Waals surface area contributed by atoms with Crippen molar-refractivity contribution in [3.63, 3.8) is 0 Å². The van der Waals surface area contributed by atoms with Crippen LogP contribution in [0.15, 0.2) is 18.2 Å². The van der Waals surface area contributed by atoms with Gasteiger partial charge in [0, 0.05) is 38.6 Å². The molecule has 5 rings (SSSR count). The fourth-order valence-electron chi connectivity index (χ4n) is 4.56. The number of fused-ring (bicyclic) bond motifs is 1. The minimum absolute atomic E-state index is 0.0311. The number of pyridine rings is 1. The molecule has 0 aromatic carbocycles. The third-order valence-corrected chi connectivity index (χ3v) is 8.46. The predicted molar refractivity (Wildman–Crippen MR) is 115 cm³/mol. The Morgan fingerprint density at radius 2 is 2.12 bits per heavy atom. The van der Waals surface area contributed by atoms with E-state index in [-0.39, 0.29) is 36.8 Å². The number of aromatic nitrogens is 1. The van der Waals surface area contributed by atoms with Crippen molar-refractivity contribution in [3.05, 3.63) is 23.9 Å². The predicted octanol–water partition coefficient (Wildman–Crippen LogP) is 2.47. The molecule has 2 aliphatic carbocycles. The smallest absolute Gasteiger partial charge is 0.327 e. The van der Waals surface area contributed by atoms with Gasteiger partial charge in [-0.2, -0.15) is 8.42 Å². The van der Waals surface area contributed by atoms with Crippen LogP contribution in [0.4, 0.5) is 20.3 Å². The molecule has 3 heterocycles. The summed E-state index contributed by atoms with van der Waals surface area (Å²) >= 11 is 0. The highest BCUT2D eigenvalue weighted by Gasteiger charge is 2.59. The lowest BCUT2D eigenvalue weighted by atomic mass is 9.92. The quantitative estimate of drug-likeness (QED) is 0.717. The Bertz CT molecular complexity index is 1070. The van der Waals surface area contributed by atoms with Crippen LogP contribution in [-0.4, -0.2) is 57.6 Å². The molecule has 1 aromatic heterocycles. The Morgan fingerprint density at radius 1 is 1.34 bits per heavy atom. The van der Waals surface area contributed by atoms with E-state index in [1.54, 1.807) is 12.1 Å². The van der Waals surface area contributed by atoms with Crippen LogP contribution in [0, 0.1) is 5.92 Å². The molecule has 0 spiro atoms. The first-order valence-electron chi connectivity index (χ1n) is 10.9. The van der Waals surface area contributed by atoms with Crippen molar-refractivity contribution in [3.8, 4) is 0 Å². The standard InChI is InChI=1S/C21H26F2N4O4S/c1-26-19-17(27(32(26,29)30)12-14-11-21(14,22)23)9-8-16(25-19)13-4-6-15(7-5-13)24-20(28)18-3-2-10-31-18/h4,8-9,14-15,18H,2-3,5-7,10-12H2,1H3,(H,24,28). The molecule has 3 atom stereocenters. The van der Waals surface area contributed by atoms with Gasteiger partial charge in [0.2, 0.25) is 5.91 Å². The number of carbonyl (C=O) groups excluding carboxylic acids is 1. The van der Waals surface area contributed by atoms with E-state index in [2.05, 4.69) is 10.3 Å². The van der Waals surface area contributed by atoms with Crippen LogP contribution in [0.1, 0.15) is 44.2 Å². The summed E-state index contributed by atoms with van der Waals surface area (Å²) in [7, 11) is -2.53. The number of hydrogen-bond acceptors (Lipinski definition) is 5. The van der Waals surface area contributed by atoms with E-state index >= 15 is 0 Å². The lowest BCUT2D eigenvalue weighted by Crippen LogP contribution is -2.41. The van der Waals surface area contributed by atoms with Crippen molar-refractivity contribution in [1.29, 1.82) is 0 Å². The number of rotatable bonds is 5. The zero-order valence-corrected chi connectivity index (χ0v) is 18.6. The summed E-state index contributed by atoms with van der Waals surface area (Å²) < 4.78 is 59.8. The second-order valence-corrected chi connectivity index (χ2v) is 10.8. The van der Waals surface area contributed by atoms with Crippen LogP contribution in [0.3, 0.4) is 0 Å². The van der Waals surface area contributed by atoms with Crippen LogP contribution in [0.5, 0.6) is 0 Å². The third kappa shape index (κ3) is 3.75. The van der Waals surface area contributed by atoms with Gasteiger partial charge >= 0.3 is 10.2 Å². The lowest BCUT2D eigenvalue weighted by Gasteiger charge is -2.24. The molecule has 2 aliphatic heterocycles. The molecule has 1 saturated carbocycles. The molecule has 3 unspecified atom stereocenters. The number of hydrogen-bond donors (Lipinski definition) is 1. The third-order valence-electron chi connectivity index (χ3n) is 6.70. The van der Waals surface area contributed by atoms with Gasteiger partial charge in [0.05, 0.1) is 11.4 Å². The lowest BCUT2D eigenvalue weighted by molar-refractivity contribution is -0.130. The molecule has 11 heteroatoms. The van der Waals surface area contributed by atoms with Gasteiger partial charge in [-0.25, -0.2) is 22.4 Å². The molecule has 4 aliphatic rings. The van der Waals surface area contributed by atoms with Gasteiger partial charge in [-0.1, -0.05) is 6.08 Å². The zero-order chi connectivity index (χ0) is 22.7. The second kappa shape index (κ2) is 7.65. The van der Waals surface area contributed by atoms with E-state index in [0.29, 0.717) is 30.8 Å². The first-order chi connectivity index (χ1) is 15.2. The number of carbonyl (C=O) groups is 1. The van der Waals surface area contributed by atoms with Crippen molar-refractivity contribution in [2.24, 2.45) is 5.92 Å². The minimum Gasteiger partial charge on any atom is -0.368 e. The van der Waals surface area contributed by atoms with Crippen LogP contribution >= 0.6 is 0 Å². The number of amides is 1. The summed E-state index contributed by atoms with van der Waals surface area (Å²) in [5, 5.41) is 3.04. The number of alkyl halides is 2. The molecule has 174 valence electrons. The van der Waals surface area contributed by atoms with E-state index in [1.807, 2.05) is 6.08 Å². The topological polar surface area (TPSA) is 91.8 Å². The highest BCUT2D eigenvalue weighted by molar-refractivity contribution is 7.94. The number of ether oxygens (including phenoxy) is 1. The van der Waals surface area contributed by atoms with E-state index in [0.717, 1.165) is 33.4 Å². The van der Waals surface area contributed by atoms with E-state index in [1.165, 1.54) is 7.05 Å². The van der Waals surface area contributed by atoms with Gasteiger partial charge in [0.25, 0.3) is 5.92 Å². The van der Waals surface area contributed by atoms with Crippen molar-refractivity contribution in [1.82, 2.24) is 10.3 Å². The molecular weight excluding hydrogens is 442 g/mol. The van der Waals surface area contributed by atoms with Gasteiger partial charge in [-0.15, -0.1) is 0 Å². The van der Waals surface area contributed by atoms with E-state index in [9.17, 15) is 22.0 Å². The molecule has 1 N–H and O–H groups in total. The maximum atomic E-state index is 13.4. The molecule has 0 radical (unpaired) electrons. The Kier molecular flexibility index (Phi) is 5.16. The highest BCUT2D eigenvalue weighted by atomic mass is 32.2. The maximum absolute atomic E-state index is 13.4. The van der Waals surface area contributed by atoms with Crippen LogP contribution in [0.25, 0.3) is 5.57 Å². The Hall–Kier alpha value is -2.27. The highest BCUT2D eigenvalue weighted by Crippen LogP contribution is 2.51. The van der Waals surface area contributed by atoms with Gasteiger partial charge in [-0.05, 0) is 49.8 Å². The fraction of sp³-hybridized carbons (Fsp3) is 0.619. The second-order valence-electron chi connectivity index (χ2n) is 8.92. The Labute approximate surface area is 185 Å². The molecule has 0 bridgehead atoms. The summed E-state index contributed by atoms with van der Waals surface area (Å²) in [5.41, 5.74) is 1.97. The average molecular weight is 469 g/mol.